The summed E-state index contributed by atoms with van der Waals surface area (Å²) in [5, 5.41) is 0. The lowest BCUT2D eigenvalue weighted by atomic mass is 10.1. The topological polar surface area (TPSA) is 61.6 Å². The fourth-order valence-electron chi connectivity index (χ4n) is 1.62. The molecule has 2 N–H and O–H groups in total. The molecular weight excluding hydrogens is 218 g/mol. The molecule has 1 aromatic rings. The van der Waals surface area contributed by atoms with Gasteiger partial charge in [0, 0.05) is 0 Å². The Labute approximate surface area is 101 Å². The van der Waals surface area contributed by atoms with Crippen LogP contribution in [0.3, 0.4) is 0 Å². The Kier molecular flexibility index (Phi) is 4.12. The van der Waals surface area contributed by atoms with Gasteiger partial charge in [0.05, 0.1) is 13.2 Å². The molecule has 0 amide bonds. The fraction of sp³-hybridized carbons (Fsp3) is 0.462. The minimum atomic E-state index is -0.546. The molecule has 0 bridgehead atoms. The molecule has 4 nitrogen and oxygen atoms in total. The van der Waals surface area contributed by atoms with Crippen LogP contribution in [0.15, 0.2) is 30.3 Å². The number of ether oxygens (including phenoxy) is 2. The highest BCUT2D eigenvalue weighted by molar-refractivity contribution is 5.75. The van der Waals surface area contributed by atoms with E-state index < -0.39 is 6.04 Å². The van der Waals surface area contributed by atoms with E-state index in [1.807, 2.05) is 30.3 Å². The first-order chi connectivity index (χ1) is 8.25. The van der Waals surface area contributed by atoms with Crippen molar-refractivity contribution in [3.05, 3.63) is 35.9 Å². The fourth-order valence-corrected chi connectivity index (χ4v) is 1.62. The molecule has 2 rings (SSSR count). The molecule has 17 heavy (non-hydrogen) atoms. The molecule has 1 aromatic carbocycles. The van der Waals surface area contributed by atoms with Gasteiger partial charge in [0.25, 0.3) is 0 Å². The Bertz CT molecular complexity index is 362. The summed E-state index contributed by atoms with van der Waals surface area (Å²) in [6.07, 6.45) is 1.31. The van der Waals surface area contributed by atoms with Crippen LogP contribution in [0, 0.1) is 0 Å². The van der Waals surface area contributed by atoms with Gasteiger partial charge in [-0.1, -0.05) is 30.3 Å². The van der Waals surface area contributed by atoms with Gasteiger partial charge in [0.15, 0.2) is 0 Å². The Morgan fingerprint density at radius 1 is 1.41 bits per heavy atom. The molecule has 1 atom stereocenters. The lowest BCUT2D eigenvalue weighted by Gasteiger charge is -2.26. The molecule has 0 aromatic heterocycles. The van der Waals surface area contributed by atoms with Crippen molar-refractivity contribution in [1.82, 2.24) is 0 Å². The van der Waals surface area contributed by atoms with E-state index in [-0.39, 0.29) is 12.1 Å². The van der Waals surface area contributed by atoms with Crippen molar-refractivity contribution in [2.45, 2.75) is 25.0 Å². The van der Waals surface area contributed by atoms with E-state index in [0.717, 1.165) is 6.42 Å². The predicted octanol–water partition coefficient (Wildman–Crippen LogP) is 0.888. The van der Waals surface area contributed by atoms with E-state index in [4.69, 9.17) is 15.2 Å². The van der Waals surface area contributed by atoms with Crippen molar-refractivity contribution in [3.63, 3.8) is 0 Å². The first kappa shape index (κ1) is 12.1. The van der Waals surface area contributed by atoms with Crippen molar-refractivity contribution in [2.24, 2.45) is 5.73 Å². The highest BCUT2D eigenvalue weighted by Crippen LogP contribution is 2.09. The monoisotopic (exact) mass is 235 g/mol. The van der Waals surface area contributed by atoms with Crippen LogP contribution in [-0.2, 0) is 20.7 Å². The normalized spacial score (nSPS) is 17.2. The molecule has 0 radical (unpaired) electrons. The Hall–Kier alpha value is -1.39. The van der Waals surface area contributed by atoms with Crippen LogP contribution in [0.1, 0.15) is 12.0 Å². The Morgan fingerprint density at radius 2 is 2.12 bits per heavy atom. The average molecular weight is 235 g/mol. The number of hydrogen-bond acceptors (Lipinski definition) is 4. The van der Waals surface area contributed by atoms with Crippen LogP contribution in [0.5, 0.6) is 0 Å². The first-order valence-electron chi connectivity index (χ1n) is 5.83. The predicted molar refractivity (Wildman–Crippen MR) is 63.4 cm³/mol. The second-order valence-corrected chi connectivity index (χ2v) is 4.23. The zero-order chi connectivity index (χ0) is 12.1. The van der Waals surface area contributed by atoms with E-state index in [0.29, 0.717) is 19.6 Å². The molecular formula is C13H17NO3. The second-order valence-electron chi connectivity index (χ2n) is 4.23. The molecule has 4 heteroatoms. The van der Waals surface area contributed by atoms with Gasteiger partial charge in [0.1, 0.15) is 12.1 Å². The molecule has 1 heterocycles. The third-order valence-electron chi connectivity index (χ3n) is 2.78. The molecule has 1 unspecified atom stereocenters. The summed E-state index contributed by atoms with van der Waals surface area (Å²) in [6.45, 7) is 0.994. The summed E-state index contributed by atoms with van der Waals surface area (Å²) >= 11 is 0. The molecule has 0 saturated carbocycles. The van der Waals surface area contributed by atoms with E-state index in [1.165, 1.54) is 5.56 Å². The number of nitrogens with two attached hydrogens (primary N) is 1. The van der Waals surface area contributed by atoms with E-state index in [2.05, 4.69) is 0 Å². The van der Waals surface area contributed by atoms with Gasteiger partial charge in [-0.2, -0.15) is 0 Å². The molecule has 1 aliphatic rings. The SMILES string of the molecule is NC(CCc1ccccc1)C(=O)OC1COC1. The van der Waals surface area contributed by atoms with Gasteiger partial charge in [-0.15, -0.1) is 0 Å². The zero-order valence-corrected chi connectivity index (χ0v) is 9.67. The van der Waals surface area contributed by atoms with Crippen LogP contribution in [-0.4, -0.2) is 31.3 Å². The van der Waals surface area contributed by atoms with E-state index in [1.54, 1.807) is 0 Å². The number of carbonyl (C=O) groups excluding carboxylic acids is 1. The molecule has 1 saturated heterocycles. The smallest absolute Gasteiger partial charge is 0.323 e. The largest absolute Gasteiger partial charge is 0.456 e. The lowest BCUT2D eigenvalue weighted by Crippen LogP contribution is -2.43. The standard InChI is InChI=1S/C13H17NO3/c14-12(13(15)17-11-8-16-9-11)7-6-10-4-2-1-3-5-10/h1-5,11-12H,6-9,14H2. The highest BCUT2D eigenvalue weighted by atomic mass is 16.6. The maximum absolute atomic E-state index is 11.6. The van der Waals surface area contributed by atoms with Crippen molar-refractivity contribution < 1.29 is 14.3 Å². The van der Waals surface area contributed by atoms with Gasteiger partial charge in [-0.25, -0.2) is 0 Å². The zero-order valence-electron chi connectivity index (χ0n) is 9.67. The average Bonchev–Trinajstić information content (AvgIpc) is 2.32. The van der Waals surface area contributed by atoms with Gasteiger partial charge in [-0.3, -0.25) is 4.79 Å². The maximum atomic E-state index is 11.6. The highest BCUT2D eigenvalue weighted by Gasteiger charge is 2.25. The van der Waals surface area contributed by atoms with Crippen LogP contribution in [0.4, 0.5) is 0 Å². The van der Waals surface area contributed by atoms with Crippen molar-refractivity contribution in [1.29, 1.82) is 0 Å². The van der Waals surface area contributed by atoms with E-state index in [9.17, 15) is 4.79 Å². The third kappa shape index (κ3) is 3.54. The number of aryl methyl sites for hydroxylation is 1. The van der Waals surface area contributed by atoms with Gasteiger partial charge in [-0.05, 0) is 18.4 Å². The first-order valence-corrected chi connectivity index (χ1v) is 5.83. The van der Waals surface area contributed by atoms with Crippen LogP contribution in [0.2, 0.25) is 0 Å². The summed E-state index contributed by atoms with van der Waals surface area (Å²) in [5.74, 6) is -0.325. The number of rotatable bonds is 5. The van der Waals surface area contributed by atoms with Crippen LogP contribution < -0.4 is 5.73 Å². The molecule has 92 valence electrons. The van der Waals surface area contributed by atoms with Gasteiger partial charge < -0.3 is 15.2 Å². The minimum Gasteiger partial charge on any atom is -0.456 e. The van der Waals surface area contributed by atoms with Crippen LogP contribution in [0.25, 0.3) is 0 Å². The molecule has 1 aliphatic heterocycles. The summed E-state index contributed by atoms with van der Waals surface area (Å²) < 4.78 is 10.1. The quantitative estimate of drug-likeness (QED) is 0.770. The summed E-state index contributed by atoms with van der Waals surface area (Å²) in [7, 11) is 0. The van der Waals surface area contributed by atoms with Gasteiger partial charge >= 0.3 is 5.97 Å². The van der Waals surface area contributed by atoms with Crippen LogP contribution >= 0.6 is 0 Å². The summed E-state index contributed by atoms with van der Waals surface area (Å²) in [6, 6.07) is 9.43. The molecule has 0 spiro atoms. The Balaban J connectivity index is 1.72. The van der Waals surface area contributed by atoms with Crippen molar-refractivity contribution in [2.75, 3.05) is 13.2 Å². The molecule has 1 fully saturated rings. The maximum Gasteiger partial charge on any atom is 0.323 e. The van der Waals surface area contributed by atoms with E-state index >= 15 is 0 Å². The number of hydrogen-bond donors (Lipinski definition) is 1. The van der Waals surface area contributed by atoms with Gasteiger partial charge in [0.2, 0.25) is 0 Å². The lowest BCUT2D eigenvalue weighted by molar-refractivity contribution is -0.173. The summed E-state index contributed by atoms with van der Waals surface area (Å²) in [5.41, 5.74) is 6.96. The minimum absolute atomic E-state index is 0.0923. The number of esters is 1. The number of benzene rings is 1. The number of carbonyl (C=O) groups is 1. The second kappa shape index (κ2) is 5.80. The van der Waals surface area contributed by atoms with Crippen molar-refractivity contribution in [3.8, 4) is 0 Å². The van der Waals surface area contributed by atoms with Crippen molar-refractivity contribution >= 4 is 5.97 Å². The molecule has 0 aliphatic carbocycles. The Morgan fingerprint density at radius 3 is 2.71 bits per heavy atom. The summed E-state index contributed by atoms with van der Waals surface area (Å²) in [4.78, 5) is 11.6. The third-order valence-corrected chi connectivity index (χ3v) is 2.78.